The Labute approximate surface area is 127 Å². The minimum Gasteiger partial charge on any atom is -0.389 e. The lowest BCUT2D eigenvalue weighted by molar-refractivity contribution is 0.0845. The highest BCUT2D eigenvalue weighted by Crippen LogP contribution is 2.28. The number of benzene rings is 1. The van der Waals surface area contributed by atoms with Crippen LogP contribution in [0, 0.1) is 5.82 Å². The van der Waals surface area contributed by atoms with E-state index in [1.54, 1.807) is 17.0 Å². The molecule has 3 nitrogen and oxygen atoms in total. The number of ether oxygens (including phenoxy) is 1. The predicted octanol–water partition coefficient (Wildman–Crippen LogP) is 3.08. The second-order valence-electron chi connectivity index (χ2n) is 4.47. The molecule has 0 aromatic heterocycles. The summed E-state index contributed by atoms with van der Waals surface area (Å²) in [5.74, 6) is -0.364. The van der Waals surface area contributed by atoms with E-state index in [1.807, 2.05) is 20.9 Å². The normalized spacial score (nSPS) is 10.8. The number of nitrogens with zero attached hydrogens (tertiary/aromatic N) is 1. The van der Waals surface area contributed by atoms with E-state index in [0.717, 1.165) is 0 Å². The van der Waals surface area contributed by atoms with Crippen LogP contribution < -0.4 is 10.6 Å². The fraction of sp³-hybridized carbons (Fsp3) is 0.462. The van der Waals surface area contributed by atoms with E-state index >= 15 is 0 Å². The van der Waals surface area contributed by atoms with Crippen molar-refractivity contribution < 1.29 is 9.13 Å². The van der Waals surface area contributed by atoms with Gasteiger partial charge in [0.15, 0.2) is 5.82 Å². The van der Waals surface area contributed by atoms with Crippen LogP contribution in [0.3, 0.4) is 0 Å². The van der Waals surface area contributed by atoms with E-state index in [1.165, 1.54) is 0 Å². The van der Waals surface area contributed by atoms with Crippen LogP contribution in [-0.2, 0) is 4.74 Å². The van der Waals surface area contributed by atoms with Gasteiger partial charge >= 0.3 is 0 Å². The van der Waals surface area contributed by atoms with E-state index in [2.05, 4.69) is 15.9 Å². The van der Waals surface area contributed by atoms with Gasteiger partial charge < -0.3 is 15.4 Å². The van der Waals surface area contributed by atoms with Crippen molar-refractivity contribution in [2.24, 2.45) is 5.73 Å². The van der Waals surface area contributed by atoms with E-state index in [0.29, 0.717) is 28.9 Å². The second-order valence-corrected chi connectivity index (χ2v) is 5.70. The Morgan fingerprint density at radius 1 is 1.53 bits per heavy atom. The molecule has 0 unspecified atom stereocenters. The van der Waals surface area contributed by atoms with Crippen LogP contribution in [0.2, 0.25) is 0 Å². The summed E-state index contributed by atoms with van der Waals surface area (Å²) in [6, 6.07) is 3.38. The van der Waals surface area contributed by atoms with Crippen LogP contribution in [-0.4, -0.2) is 31.3 Å². The van der Waals surface area contributed by atoms with Crippen molar-refractivity contribution in [3.05, 3.63) is 28.0 Å². The fourth-order valence-corrected chi connectivity index (χ4v) is 2.42. The Morgan fingerprint density at radius 2 is 2.16 bits per heavy atom. The molecule has 0 spiro atoms. The molecule has 19 heavy (non-hydrogen) atoms. The number of nitrogens with two attached hydrogens (primary N) is 1. The van der Waals surface area contributed by atoms with E-state index in [-0.39, 0.29) is 16.9 Å². The highest BCUT2D eigenvalue weighted by molar-refractivity contribution is 9.10. The first kappa shape index (κ1) is 16.3. The minimum absolute atomic E-state index is 0.168. The minimum atomic E-state index is -0.364. The monoisotopic (exact) mass is 348 g/mol. The number of hydrogen-bond acceptors (Lipinski definition) is 3. The van der Waals surface area contributed by atoms with Crippen molar-refractivity contribution in [1.82, 2.24) is 0 Å². The van der Waals surface area contributed by atoms with Gasteiger partial charge in [-0.3, -0.25) is 0 Å². The van der Waals surface area contributed by atoms with E-state index < -0.39 is 0 Å². The second kappa shape index (κ2) is 7.17. The summed E-state index contributed by atoms with van der Waals surface area (Å²) in [6.45, 7) is 5.08. The fourth-order valence-electron chi connectivity index (χ4n) is 1.57. The van der Waals surface area contributed by atoms with Crippen LogP contribution >= 0.6 is 28.1 Å². The first-order valence-corrected chi connectivity index (χ1v) is 7.15. The number of hydrogen-bond donors (Lipinski definition) is 1. The smallest absolute Gasteiger partial charge is 0.161 e. The maximum atomic E-state index is 14.2. The zero-order valence-electron chi connectivity index (χ0n) is 11.2. The number of halogens is 2. The van der Waals surface area contributed by atoms with Crippen LogP contribution in [0.5, 0.6) is 0 Å². The van der Waals surface area contributed by atoms with Crippen molar-refractivity contribution >= 4 is 38.8 Å². The molecule has 0 radical (unpaired) electrons. The SMILES string of the molecule is CC(C)OCCN(C)c1ccc(C(N)=S)c(Br)c1F. The third kappa shape index (κ3) is 4.40. The van der Waals surface area contributed by atoms with Gasteiger partial charge in [0.2, 0.25) is 0 Å². The molecule has 0 heterocycles. The molecule has 0 fully saturated rings. The third-order valence-electron chi connectivity index (χ3n) is 2.62. The topological polar surface area (TPSA) is 38.5 Å². The van der Waals surface area contributed by atoms with Crippen LogP contribution in [0.4, 0.5) is 10.1 Å². The Balaban J connectivity index is 2.84. The Kier molecular flexibility index (Phi) is 6.16. The van der Waals surface area contributed by atoms with E-state index in [9.17, 15) is 4.39 Å². The quantitative estimate of drug-likeness (QED) is 0.801. The number of rotatable bonds is 6. The summed E-state index contributed by atoms with van der Waals surface area (Å²) in [5, 5.41) is 0. The molecule has 0 saturated carbocycles. The molecule has 2 N–H and O–H groups in total. The molecule has 0 aliphatic carbocycles. The molecule has 0 saturated heterocycles. The first-order valence-electron chi connectivity index (χ1n) is 5.95. The van der Waals surface area contributed by atoms with Gasteiger partial charge in [-0.25, -0.2) is 4.39 Å². The van der Waals surface area contributed by atoms with Crippen LogP contribution in [0.1, 0.15) is 19.4 Å². The maximum absolute atomic E-state index is 14.2. The lowest BCUT2D eigenvalue weighted by atomic mass is 10.2. The average Bonchev–Trinajstić information content (AvgIpc) is 2.31. The molecule has 6 heteroatoms. The van der Waals surface area contributed by atoms with Crippen molar-refractivity contribution in [3.8, 4) is 0 Å². The van der Waals surface area contributed by atoms with Gasteiger partial charge in [-0.2, -0.15) is 0 Å². The summed E-state index contributed by atoms with van der Waals surface area (Å²) >= 11 is 8.06. The first-order chi connectivity index (χ1) is 8.84. The highest BCUT2D eigenvalue weighted by atomic mass is 79.9. The Morgan fingerprint density at radius 3 is 2.68 bits per heavy atom. The summed E-state index contributed by atoms with van der Waals surface area (Å²) < 4.78 is 20.0. The average molecular weight is 349 g/mol. The van der Waals surface area contributed by atoms with Gasteiger partial charge in [0.25, 0.3) is 0 Å². The largest absolute Gasteiger partial charge is 0.389 e. The van der Waals surface area contributed by atoms with E-state index in [4.69, 9.17) is 22.7 Å². The van der Waals surface area contributed by atoms with Crippen molar-refractivity contribution in [2.75, 3.05) is 25.1 Å². The third-order valence-corrected chi connectivity index (χ3v) is 3.61. The molecular weight excluding hydrogens is 331 g/mol. The number of likely N-dealkylation sites (N-methyl/N-ethyl adjacent to an activating group) is 1. The van der Waals surface area contributed by atoms with Gasteiger partial charge in [-0.1, -0.05) is 12.2 Å². The summed E-state index contributed by atoms with van der Waals surface area (Å²) in [6.07, 6.45) is 0.168. The molecule has 0 aliphatic rings. The zero-order chi connectivity index (χ0) is 14.6. The summed E-state index contributed by atoms with van der Waals surface area (Å²) in [4.78, 5) is 1.97. The lowest BCUT2D eigenvalue weighted by Gasteiger charge is -2.21. The molecule has 1 aromatic rings. The molecule has 106 valence electrons. The number of anilines is 1. The van der Waals surface area contributed by atoms with Crippen LogP contribution in [0.25, 0.3) is 0 Å². The van der Waals surface area contributed by atoms with Gasteiger partial charge in [-0.15, -0.1) is 0 Å². The molecule has 1 rings (SSSR count). The van der Waals surface area contributed by atoms with Crippen molar-refractivity contribution in [1.29, 1.82) is 0 Å². The summed E-state index contributed by atoms with van der Waals surface area (Å²) in [5.41, 5.74) is 6.51. The van der Waals surface area contributed by atoms with Gasteiger partial charge in [-0.05, 0) is 41.9 Å². The van der Waals surface area contributed by atoms with Crippen LogP contribution in [0.15, 0.2) is 16.6 Å². The number of thiocarbonyl (C=S) groups is 1. The van der Waals surface area contributed by atoms with Gasteiger partial charge in [0.1, 0.15) is 4.99 Å². The zero-order valence-corrected chi connectivity index (χ0v) is 13.6. The highest BCUT2D eigenvalue weighted by Gasteiger charge is 2.15. The molecule has 0 bridgehead atoms. The van der Waals surface area contributed by atoms with Gasteiger partial charge in [0, 0.05) is 19.2 Å². The Bertz CT molecular complexity index is 468. The molecular formula is C13H18BrFN2OS. The lowest BCUT2D eigenvalue weighted by Crippen LogP contribution is -2.25. The van der Waals surface area contributed by atoms with Gasteiger partial charge in [0.05, 0.1) is 22.9 Å². The standard InChI is InChI=1S/C13H18BrFN2OS/c1-8(2)18-7-6-17(3)10-5-4-9(13(16)19)11(14)12(10)15/h4-5,8H,6-7H2,1-3H3,(H2,16,19). The molecule has 1 aromatic carbocycles. The molecule has 0 atom stereocenters. The Hall–Kier alpha value is -0.720. The molecule has 0 amide bonds. The maximum Gasteiger partial charge on any atom is 0.161 e. The van der Waals surface area contributed by atoms with Crippen molar-refractivity contribution in [2.45, 2.75) is 20.0 Å². The summed E-state index contributed by atoms with van der Waals surface area (Å²) in [7, 11) is 1.81. The van der Waals surface area contributed by atoms with Crippen molar-refractivity contribution in [3.63, 3.8) is 0 Å². The predicted molar refractivity (Wildman–Crippen MR) is 84.3 cm³/mol. The molecule has 0 aliphatic heterocycles.